The molecule has 0 aromatic rings. The summed E-state index contributed by atoms with van der Waals surface area (Å²) in [6.07, 6.45) is 0. The Morgan fingerprint density at radius 1 is 1.10 bits per heavy atom. The number of hydrogen-bond donors (Lipinski definition) is 4. The maximum atomic E-state index is 8.74. The van der Waals surface area contributed by atoms with Gasteiger partial charge in [0.15, 0.2) is 0 Å². The average Bonchev–Trinajstić information content (AvgIpc) is 1.19. The predicted molar refractivity (Wildman–Crippen MR) is 34.8 cm³/mol. The van der Waals surface area contributed by atoms with Gasteiger partial charge < -0.3 is 9.79 Å². The third-order valence-electron chi connectivity index (χ3n) is 0. The van der Waals surface area contributed by atoms with Gasteiger partial charge in [-0.05, 0) is 0 Å². The van der Waals surface area contributed by atoms with Crippen LogP contribution < -0.4 is 0 Å². The zero-order valence-corrected chi connectivity index (χ0v) is 5.74. The monoisotopic (exact) mass is 204 g/mol. The quantitative estimate of drug-likeness (QED) is 0.205. The molecule has 4 N–H and O–H groups in total. The van der Waals surface area contributed by atoms with Gasteiger partial charge in [-0.1, -0.05) is 0 Å². The van der Waals surface area contributed by atoms with Crippen molar-refractivity contribution in [3.05, 3.63) is 0 Å². The fourth-order valence-corrected chi connectivity index (χ4v) is 0. The van der Waals surface area contributed by atoms with Crippen LogP contribution in [0.4, 0.5) is 0 Å². The molecular weight excluding hydrogens is 198 g/mol. The predicted octanol–water partition coefficient (Wildman–Crippen LogP) is -1.94. The summed E-state index contributed by atoms with van der Waals surface area (Å²) in [5.74, 6) is 0. The van der Waals surface area contributed by atoms with Crippen LogP contribution in [0.1, 0.15) is 0 Å². The molecule has 10 heavy (non-hydrogen) atoms. The van der Waals surface area contributed by atoms with E-state index in [-0.39, 0.29) is 29.6 Å². The van der Waals surface area contributed by atoms with E-state index >= 15 is 0 Å². The molecule has 0 fully saturated rings. The van der Waals surface area contributed by atoms with Crippen LogP contribution in [0.15, 0.2) is 0 Å². The summed E-state index contributed by atoms with van der Waals surface area (Å²) in [5.41, 5.74) is 0. The van der Waals surface area contributed by atoms with E-state index in [4.69, 9.17) is 31.9 Å². The van der Waals surface area contributed by atoms with Crippen molar-refractivity contribution in [1.82, 2.24) is 0 Å². The van der Waals surface area contributed by atoms with E-state index in [2.05, 4.69) is 0 Å². The fourth-order valence-electron chi connectivity index (χ4n) is 0. The molecule has 0 spiro atoms. The van der Waals surface area contributed by atoms with Crippen molar-refractivity contribution < 1.29 is 31.9 Å². The zero-order chi connectivity index (χ0) is 8.08. The van der Waals surface area contributed by atoms with Crippen LogP contribution in [0, 0.1) is 0 Å². The van der Waals surface area contributed by atoms with Gasteiger partial charge in [0.25, 0.3) is 0 Å². The molecule has 0 heterocycles. The third-order valence-corrected chi connectivity index (χ3v) is 0. The first-order valence-electron chi connectivity index (χ1n) is 1.35. The Morgan fingerprint density at radius 3 is 1.10 bits per heavy atom. The SMILES string of the molecule is O=S(=O)(O)O.O=[PH](O)O.[NaH]. The molecule has 0 aromatic heterocycles. The molecule has 0 saturated heterocycles. The van der Waals surface area contributed by atoms with E-state index < -0.39 is 18.7 Å². The van der Waals surface area contributed by atoms with Crippen molar-refractivity contribution in [3.63, 3.8) is 0 Å². The van der Waals surface area contributed by atoms with Crippen LogP contribution >= 0.6 is 8.25 Å². The summed E-state index contributed by atoms with van der Waals surface area (Å²) >= 11 is 0. The Labute approximate surface area is 79.9 Å². The van der Waals surface area contributed by atoms with Gasteiger partial charge in [-0.3, -0.25) is 13.7 Å². The van der Waals surface area contributed by atoms with Crippen LogP contribution in [0.3, 0.4) is 0 Å². The van der Waals surface area contributed by atoms with Crippen molar-refractivity contribution in [2.24, 2.45) is 0 Å². The molecule has 0 radical (unpaired) electrons. The maximum absolute atomic E-state index is 8.74. The van der Waals surface area contributed by atoms with Gasteiger partial charge in [0, 0.05) is 0 Å². The summed E-state index contributed by atoms with van der Waals surface area (Å²) in [6, 6.07) is 0. The van der Waals surface area contributed by atoms with Crippen molar-refractivity contribution >= 4 is 48.2 Å². The molecule has 0 unspecified atom stereocenters. The van der Waals surface area contributed by atoms with Crippen molar-refractivity contribution in [3.8, 4) is 0 Å². The second-order valence-electron chi connectivity index (χ2n) is 0.730. The summed E-state index contributed by atoms with van der Waals surface area (Å²) in [6.45, 7) is 0. The van der Waals surface area contributed by atoms with Crippen LogP contribution in [-0.4, -0.2) is 56.9 Å². The summed E-state index contributed by atoms with van der Waals surface area (Å²) in [7, 11) is -7.80. The first-order chi connectivity index (χ1) is 3.73. The van der Waals surface area contributed by atoms with Crippen LogP contribution in [-0.2, 0) is 15.0 Å². The molecule has 10 heteroatoms. The summed E-state index contributed by atoms with van der Waals surface area (Å²) in [5, 5.41) is 0. The van der Waals surface area contributed by atoms with E-state index in [1.807, 2.05) is 0 Å². The first kappa shape index (κ1) is 17.2. The Balaban J connectivity index is -0.0000000910. The standard InChI is InChI=1S/Na.H2O4S.H3O3P.H/c;1-5(2,3)4;1-4(2)3;/h;(H2,1,2,3,4);4H,(H2,1,2,3);. The first-order valence-corrected chi connectivity index (χ1v) is 4.05. The topological polar surface area (TPSA) is 132 Å². The Morgan fingerprint density at radius 2 is 1.10 bits per heavy atom. The molecule has 7 nitrogen and oxygen atoms in total. The molecule has 0 bridgehead atoms. The molecule has 0 aliphatic carbocycles. The molecule has 0 saturated carbocycles. The molecule has 0 amide bonds. The van der Waals surface area contributed by atoms with Crippen molar-refractivity contribution in [2.45, 2.75) is 0 Å². The summed E-state index contributed by atoms with van der Waals surface area (Å²) in [4.78, 5) is 14.3. The average molecular weight is 204 g/mol. The second-order valence-corrected chi connectivity index (χ2v) is 2.19. The molecule has 0 aliphatic heterocycles. The van der Waals surface area contributed by atoms with Gasteiger partial charge in [0.05, 0.1) is 0 Å². The van der Waals surface area contributed by atoms with E-state index in [9.17, 15) is 0 Å². The van der Waals surface area contributed by atoms with Crippen LogP contribution in [0.25, 0.3) is 0 Å². The molecule has 0 rings (SSSR count). The van der Waals surface area contributed by atoms with E-state index in [0.717, 1.165) is 0 Å². The van der Waals surface area contributed by atoms with E-state index in [1.54, 1.807) is 0 Å². The Bertz CT molecular complexity index is 156. The van der Waals surface area contributed by atoms with Gasteiger partial charge in [0.1, 0.15) is 0 Å². The van der Waals surface area contributed by atoms with Crippen LogP contribution in [0.2, 0.25) is 0 Å². The Hall–Kier alpha value is 1.02. The van der Waals surface area contributed by atoms with Crippen molar-refractivity contribution in [2.75, 3.05) is 0 Å². The zero-order valence-electron chi connectivity index (χ0n) is 3.92. The van der Waals surface area contributed by atoms with Gasteiger partial charge >= 0.3 is 48.2 Å². The summed E-state index contributed by atoms with van der Waals surface area (Å²) < 4.78 is 40.3. The van der Waals surface area contributed by atoms with E-state index in [0.29, 0.717) is 0 Å². The minimum absolute atomic E-state index is 0. The second kappa shape index (κ2) is 8.12. The van der Waals surface area contributed by atoms with E-state index in [1.165, 1.54) is 0 Å². The Kier molecular flexibility index (Phi) is 14.0. The molecule has 60 valence electrons. The molecular formula is H6NaO7PS. The van der Waals surface area contributed by atoms with Gasteiger partial charge in [-0.25, -0.2) is 0 Å². The van der Waals surface area contributed by atoms with Gasteiger partial charge in [-0.15, -0.1) is 0 Å². The van der Waals surface area contributed by atoms with Crippen LogP contribution in [0.5, 0.6) is 0 Å². The van der Waals surface area contributed by atoms with Gasteiger partial charge in [0.2, 0.25) is 0 Å². The van der Waals surface area contributed by atoms with Gasteiger partial charge in [-0.2, -0.15) is 8.42 Å². The molecule has 0 aliphatic rings. The molecule has 0 atom stereocenters. The minimum atomic E-state index is -4.67. The fraction of sp³-hybridized carbons (Fsp3) is 0. The molecule has 0 aromatic carbocycles. The third kappa shape index (κ3) is 558. The van der Waals surface area contributed by atoms with Crippen molar-refractivity contribution in [1.29, 1.82) is 0 Å². The number of rotatable bonds is 0. The normalized spacial score (nSPS) is 9.30. The number of hydrogen-bond acceptors (Lipinski definition) is 3.